The topological polar surface area (TPSA) is 55.9 Å². The Bertz CT molecular complexity index is 308. The molecule has 0 radical (unpaired) electrons. The maximum Gasteiger partial charge on any atom is 0.302 e. The molecule has 1 fully saturated rings. The largest absolute Gasteiger partial charge is 0.462 e. The molecule has 4 nitrogen and oxygen atoms in total. The number of rotatable bonds is 6. The minimum absolute atomic E-state index is 0.0436. The second kappa shape index (κ2) is 5.25. The van der Waals surface area contributed by atoms with Gasteiger partial charge in [-0.1, -0.05) is 5.57 Å². The third kappa shape index (κ3) is 3.77. The lowest BCUT2D eigenvalue weighted by Gasteiger charge is -2.01. The van der Waals surface area contributed by atoms with Crippen LogP contribution >= 0.6 is 0 Å². The zero-order chi connectivity index (χ0) is 12.2. The molecule has 0 aliphatic carbocycles. The van der Waals surface area contributed by atoms with Gasteiger partial charge in [-0.2, -0.15) is 0 Å². The summed E-state index contributed by atoms with van der Waals surface area (Å²) in [5.41, 5.74) is 0.584. The van der Waals surface area contributed by atoms with Crippen molar-refractivity contribution in [2.45, 2.75) is 45.3 Å². The Morgan fingerprint density at radius 2 is 2.19 bits per heavy atom. The summed E-state index contributed by atoms with van der Waals surface area (Å²) in [6.45, 7) is 5.47. The summed E-state index contributed by atoms with van der Waals surface area (Å²) in [7, 11) is 0. The van der Waals surface area contributed by atoms with Crippen LogP contribution in [0, 0.1) is 0 Å². The molecule has 1 unspecified atom stereocenters. The number of hydrogen-bond acceptors (Lipinski definition) is 4. The first-order valence-corrected chi connectivity index (χ1v) is 5.41. The molecule has 16 heavy (non-hydrogen) atoms. The van der Waals surface area contributed by atoms with Crippen LogP contribution in [0.5, 0.6) is 0 Å². The smallest absolute Gasteiger partial charge is 0.302 e. The third-order valence-electron chi connectivity index (χ3n) is 2.73. The van der Waals surface area contributed by atoms with Crippen molar-refractivity contribution in [1.82, 2.24) is 0 Å². The first kappa shape index (κ1) is 12.9. The Labute approximate surface area is 95.6 Å². The van der Waals surface area contributed by atoms with E-state index in [2.05, 4.69) is 0 Å². The van der Waals surface area contributed by atoms with Crippen LogP contribution < -0.4 is 0 Å². The molecule has 1 rings (SSSR count). The van der Waals surface area contributed by atoms with Crippen molar-refractivity contribution in [2.75, 3.05) is 6.61 Å². The maximum absolute atomic E-state index is 10.6. The summed E-state index contributed by atoms with van der Waals surface area (Å²) >= 11 is 0. The molecule has 90 valence electrons. The van der Waals surface area contributed by atoms with Gasteiger partial charge in [0, 0.05) is 6.92 Å². The summed E-state index contributed by atoms with van der Waals surface area (Å²) in [4.78, 5) is 21.1. The van der Waals surface area contributed by atoms with Gasteiger partial charge in [-0.25, -0.2) is 0 Å². The van der Waals surface area contributed by atoms with Crippen molar-refractivity contribution >= 4 is 12.3 Å². The van der Waals surface area contributed by atoms with Crippen LogP contribution in [0.4, 0.5) is 0 Å². The number of ether oxygens (including phenoxy) is 2. The average molecular weight is 226 g/mol. The highest BCUT2D eigenvalue weighted by Crippen LogP contribution is 2.37. The van der Waals surface area contributed by atoms with E-state index in [-0.39, 0.29) is 12.1 Å². The van der Waals surface area contributed by atoms with Gasteiger partial charge >= 0.3 is 5.97 Å². The molecule has 4 heteroatoms. The van der Waals surface area contributed by atoms with Crippen LogP contribution in [0.15, 0.2) is 11.6 Å². The Morgan fingerprint density at radius 3 is 2.69 bits per heavy atom. The van der Waals surface area contributed by atoms with E-state index in [0.29, 0.717) is 6.61 Å². The first-order valence-electron chi connectivity index (χ1n) is 5.41. The Hall–Kier alpha value is -1.16. The van der Waals surface area contributed by atoms with E-state index >= 15 is 0 Å². The molecule has 2 atom stereocenters. The van der Waals surface area contributed by atoms with Crippen LogP contribution in [0.2, 0.25) is 0 Å². The molecular weight excluding hydrogens is 208 g/mol. The molecule has 0 aromatic carbocycles. The number of esters is 1. The minimum Gasteiger partial charge on any atom is -0.462 e. The van der Waals surface area contributed by atoms with Crippen LogP contribution in [-0.4, -0.2) is 30.6 Å². The summed E-state index contributed by atoms with van der Waals surface area (Å²) in [6, 6.07) is 0. The fraction of sp³-hybridized carbons (Fsp3) is 0.667. The van der Waals surface area contributed by atoms with Crippen LogP contribution in [0.25, 0.3) is 0 Å². The summed E-state index contributed by atoms with van der Waals surface area (Å²) in [5, 5.41) is 0. The van der Waals surface area contributed by atoms with E-state index in [1.807, 2.05) is 13.0 Å². The van der Waals surface area contributed by atoms with Crippen molar-refractivity contribution in [3.63, 3.8) is 0 Å². The van der Waals surface area contributed by atoms with E-state index in [1.165, 1.54) is 6.92 Å². The molecule has 1 saturated heterocycles. The van der Waals surface area contributed by atoms with Gasteiger partial charge in [-0.15, -0.1) is 0 Å². The van der Waals surface area contributed by atoms with E-state index < -0.39 is 5.60 Å². The standard InChI is InChI=1S/C12H18O4/c1-9(6-7-15-10(2)14)4-5-11-12(3,8-13)16-11/h6,8,11H,4-5,7H2,1-3H3/b9-6+/t11-,12?/m0/s1. The second-order valence-corrected chi connectivity index (χ2v) is 4.30. The molecule has 1 aliphatic heterocycles. The lowest BCUT2D eigenvalue weighted by Crippen LogP contribution is -2.10. The predicted molar refractivity (Wildman–Crippen MR) is 59.0 cm³/mol. The molecule has 1 heterocycles. The molecule has 0 spiro atoms. The second-order valence-electron chi connectivity index (χ2n) is 4.30. The fourth-order valence-electron chi connectivity index (χ4n) is 1.48. The molecule has 0 N–H and O–H groups in total. The van der Waals surface area contributed by atoms with E-state index in [1.54, 1.807) is 6.92 Å². The monoisotopic (exact) mass is 226 g/mol. The number of epoxide rings is 1. The van der Waals surface area contributed by atoms with Gasteiger partial charge in [0.05, 0.1) is 6.10 Å². The predicted octanol–water partition coefficient (Wildman–Crippen LogP) is 1.63. The van der Waals surface area contributed by atoms with Gasteiger partial charge in [0.25, 0.3) is 0 Å². The van der Waals surface area contributed by atoms with Gasteiger partial charge in [0.1, 0.15) is 12.2 Å². The highest BCUT2D eigenvalue weighted by molar-refractivity contribution is 5.67. The number of aldehydes is 1. The van der Waals surface area contributed by atoms with Crippen molar-refractivity contribution in [2.24, 2.45) is 0 Å². The summed E-state index contributed by atoms with van der Waals surface area (Å²) in [5.74, 6) is -0.275. The van der Waals surface area contributed by atoms with Crippen molar-refractivity contribution in [1.29, 1.82) is 0 Å². The molecule has 0 aromatic rings. The zero-order valence-electron chi connectivity index (χ0n) is 9.99. The fourth-order valence-corrected chi connectivity index (χ4v) is 1.48. The van der Waals surface area contributed by atoms with Crippen LogP contribution in [0.1, 0.15) is 33.6 Å². The van der Waals surface area contributed by atoms with Gasteiger partial charge in [-0.3, -0.25) is 4.79 Å². The highest BCUT2D eigenvalue weighted by Gasteiger charge is 2.51. The van der Waals surface area contributed by atoms with E-state index in [0.717, 1.165) is 24.7 Å². The lowest BCUT2D eigenvalue weighted by molar-refractivity contribution is -0.139. The first-order chi connectivity index (χ1) is 7.48. The Morgan fingerprint density at radius 1 is 1.50 bits per heavy atom. The Kier molecular flexibility index (Phi) is 4.24. The quantitative estimate of drug-likeness (QED) is 0.299. The molecule has 1 aliphatic rings. The third-order valence-corrected chi connectivity index (χ3v) is 2.73. The normalized spacial score (nSPS) is 28.7. The van der Waals surface area contributed by atoms with Crippen molar-refractivity contribution in [3.8, 4) is 0 Å². The molecular formula is C12H18O4. The average Bonchev–Trinajstić information content (AvgIpc) is 2.87. The summed E-state index contributed by atoms with van der Waals surface area (Å²) in [6.07, 6.45) is 4.46. The van der Waals surface area contributed by atoms with Crippen molar-refractivity contribution < 1.29 is 19.1 Å². The molecule has 0 bridgehead atoms. The minimum atomic E-state index is -0.559. The lowest BCUT2D eigenvalue weighted by atomic mass is 10.0. The highest BCUT2D eigenvalue weighted by atomic mass is 16.6. The molecule has 0 saturated carbocycles. The molecule has 0 amide bonds. The van der Waals surface area contributed by atoms with Gasteiger partial charge in [0.15, 0.2) is 6.29 Å². The number of hydrogen-bond donors (Lipinski definition) is 0. The maximum atomic E-state index is 10.6. The summed E-state index contributed by atoms with van der Waals surface area (Å²) < 4.78 is 10.1. The molecule has 0 aromatic heterocycles. The number of carbonyl (C=O) groups excluding carboxylic acids is 2. The number of allylic oxidation sites excluding steroid dienone is 1. The van der Waals surface area contributed by atoms with Gasteiger partial charge < -0.3 is 14.3 Å². The van der Waals surface area contributed by atoms with Crippen molar-refractivity contribution in [3.05, 3.63) is 11.6 Å². The van der Waals surface area contributed by atoms with Gasteiger partial charge in [0.2, 0.25) is 0 Å². The van der Waals surface area contributed by atoms with Crippen LogP contribution in [-0.2, 0) is 19.1 Å². The van der Waals surface area contributed by atoms with Gasteiger partial charge in [-0.05, 0) is 32.8 Å². The zero-order valence-corrected chi connectivity index (χ0v) is 9.99. The van der Waals surface area contributed by atoms with E-state index in [4.69, 9.17) is 9.47 Å². The number of carbonyl (C=O) groups is 2. The van der Waals surface area contributed by atoms with Crippen LogP contribution in [0.3, 0.4) is 0 Å². The Balaban J connectivity index is 2.18. The van der Waals surface area contributed by atoms with E-state index in [9.17, 15) is 9.59 Å². The SMILES string of the molecule is CC(=O)OC/C=C(\C)CC[C@@H]1OC1(C)C=O.